The molecule has 3 amide bonds. The molecular weight excluding hydrogens is 297 g/mol. The molecule has 7 heteroatoms. The summed E-state index contributed by atoms with van der Waals surface area (Å²) in [6, 6.07) is 3.47. The maximum Gasteiger partial charge on any atom is 0.416 e. The van der Waals surface area contributed by atoms with Crippen molar-refractivity contribution in [1.29, 1.82) is 0 Å². The molecular formula is C15H13F3N2O2. The number of urea groups is 1. The molecule has 0 aromatic heterocycles. The molecule has 2 saturated heterocycles. The fourth-order valence-electron chi connectivity index (χ4n) is 3.98. The van der Waals surface area contributed by atoms with Crippen molar-refractivity contribution in [3.05, 3.63) is 29.8 Å². The van der Waals surface area contributed by atoms with E-state index in [1.165, 1.54) is 12.1 Å². The lowest BCUT2D eigenvalue weighted by Gasteiger charge is -2.25. The van der Waals surface area contributed by atoms with Crippen LogP contribution in [0.1, 0.15) is 24.8 Å². The highest BCUT2D eigenvalue weighted by atomic mass is 19.4. The first-order chi connectivity index (χ1) is 10.4. The topological polar surface area (TPSA) is 40.6 Å². The summed E-state index contributed by atoms with van der Waals surface area (Å²) in [6.45, 7) is 0. The second kappa shape index (κ2) is 4.24. The Kier molecular flexibility index (Phi) is 2.62. The van der Waals surface area contributed by atoms with Gasteiger partial charge in [-0.15, -0.1) is 0 Å². The summed E-state index contributed by atoms with van der Waals surface area (Å²) in [5.41, 5.74) is -0.862. The molecule has 2 unspecified atom stereocenters. The van der Waals surface area contributed by atoms with Crippen LogP contribution in [-0.2, 0) is 11.0 Å². The van der Waals surface area contributed by atoms with E-state index in [0.717, 1.165) is 36.3 Å². The van der Waals surface area contributed by atoms with Gasteiger partial charge in [0.1, 0.15) is 6.04 Å². The number of nitrogens with zero attached hydrogens (tertiary/aromatic N) is 2. The number of fused-ring (bicyclic) bond motifs is 5. The molecule has 3 atom stereocenters. The number of rotatable bonds is 1. The molecule has 2 bridgehead atoms. The number of piperidine rings is 1. The van der Waals surface area contributed by atoms with Gasteiger partial charge >= 0.3 is 12.2 Å². The van der Waals surface area contributed by atoms with Gasteiger partial charge in [0.05, 0.1) is 11.3 Å². The standard InChI is InChI=1S/C15H13F3N2O2/c16-15(17,18)9-2-1-3-10(7-9)20-13(21)12-8-4-5-11(6-8)19(12)14(20)22/h1-3,7-8,11-12H,4-6H2/t8?,11-,12?/m0/s1. The third kappa shape index (κ3) is 1.71. The van der Waals surface area contributed by atoms with Gasteiger partial charge in [-0.25, -0.2) is 9.69 Å². The molecule has 1 aliphatic carbocycles. The Labute approximate surface area is 124 Å². The van der Waals surface area contributed by atoms with Crippen molar-refractivity contribution in [3.63, 3.8) is 0 Å². The Bertz CT molecular complexity index is 645. The van der Waals surface area contributed by atoms with Crippen LogP contribution < -0.4 is 4.90 Å². The average Bonchev–Trinajstić information content (AvgIpc) is 3.12. The van der Waals surface area contributed by atoms with Crippen molar-refractivity contribution in [2.75, 3.05) is 4.90 Å². The van der Waals surface area contributed by atoms with Crippen LogP contribution in [0.3, 0.4) is 0 Å². The number of benzene rings is 1. The summed E-state index contributed by atoms with van der Waals surface area (Å²) in [5, 5.41) is 0. The highest BCUT2D eigenvalue weighted by Crippen LogP contribution is 2.47. The first-order valence-electron chi connectivity index (χ1n) is 7.21. The summed E-state index contributed by atoms with van der Waals surface area (Å²) < 4.78 is 38.4. The van der Waals surface area contributed by atoms with Gasteiger partial charge in [-0.3, -0.25) is 4.79 Å². The van der Waals surface area contributed by atoms with Crippen molar-refractivity contribution < 1.29 is 22.8 Å². The van der Waals surface area contributed by atoms with Crippen LogP contribution in [0.25, 0.3) is 0 Å². The normalized spacial score (nSPS) is 30.4. The van der Waals surface area contributed by atoms with E-state index in [1.807, 2.05) is 0 Å². The zero-order chi connectivity index (χ0) is 15.6. The van der Waals surface area contributed by atoms with Gasteiger partial charge in [-0.2, -0.15) is 13.2 Å². The zero-order valence-electron chi connectivity index (χ0n) is 11.5. The van der Waals surface area contributed by atoms with E-state index in [9.17, 15) is 22.8 Å². The summed E-state index contributed by atoms with van der Waals surface area (Å²) in [7, 11) is 0. The monoisotopic (exact) mass is 310 g/mol. The van der Waals surface area contributed by atoms with Gasteiger partial charge in [-0.05, 0) is 43.4 Å². The highest BCUT2D eigenvalue weighted by Gasteiger charge is 2.59. The van der Waals surface area contributed by atoms with Crippen LogP contribution in [0, 0.1) is 5.92 Å². The second-order valence-electron chi connectivity index (χ2n) is 6.08. The largest absolute Gasteiger partial charge is 0.416 e. The van der Waals surface area contributed by atoms with E-state index < -0.39 is 29.7 Å². The summed E-state index contributed by atoms with van der Waals surface area (Å²) in [5.74, 6) is -0.242. The lowest BCUT2D eigenvalue weighted by molar-refractivity contribution is -0.137. The minimum absolute atomic E-state index is 0.00127. The molecule has 0 spiro atoms. The SMILES string of the molecule is O=C1C2C3CC[C@@H](C3)N2C(=O)N1c1cccc(C(F)(F)F)c1. The van der Waals surface area contributed by atoms with Gasteiger partial charge in [0.15, 0.2) is 0 Å². The quantitative estimate of drug-likeness (QED) is 0.748. The Hall–Kier alpha value is -2.05. The molecule has 1 aromatic carbocycles. The maximum absolute atomic E-state index is 12.8. The van der Waals surface area contributed by atoms with Crippen molar-refractivity contribution in [2.24, 2.45) is 5.92 Å². The number of carbonyl (C=O) groups is 2. The molecule has 3 fully saturated rings. The first kappa shape index (κ1) is 13.6. The molecule has 3 aliphatic rings. The number of imide groups is 1. The average molecular weight is 310 g/mol. The number of hydrogen-bond donors (Lipinski definition) is 0. The first-order valence-corrected chi connectivity index (χ1v) is 7.21. The third-order valence-electron chi connectivity index (χ3n) is 4.90. The van der Waals surface area contributed by atoms with Crippen LogP contribution in [-0.4, -0.2) is 28.9 Å². The minimum Gasteiger partial charge on any atom is -0.309 e. The Morgan fingerprint density at radius 2 is 1.91 bits per heavy atom. The van der Waals surface area contributed by atoms with Crippen LogP contribution in [0.15, 0.2) is 24.3 Å². The van der Waals surface area contributed by atoms with Crippen molar-refractivity contribution >= 4 is 17.6 Å². The summed E-state index contributed by atoms with van der Waals surface area (Å²) in [6.07, 6.45) is -1.90. The maximum atomic E-state index is 12.8. The van der Waals surface area contributed by atoms with Gasteiger partial charge in [0.2, 0.25) is 0 Å². The molecule has 4 rings (SSSR count). The molecule has 1 aromatic rings. The Balaban J connectivity index is 1.72. The highest BCUT2D eigenvalue weighted by molar-refractivity contribution is 6.22. The van der Waals surface area contributed by atoms with E-state index in [4.69, 9.17) is 0 Å². The number of anilines is 1. The zero-order valence-corrected chi connectivity index (χ0v) is 11.5. The number of amides is 3. The summed E-state index contributed by atoms with van der Waals surface area (Å²) >= 11 is 0. The smallest absolute Gasteiger partial charge is 0.309 e. The number of hydrogen-bond acceptors (Lipinski definition) is 2. The van der Waals surface area contributed by atoms with Gasteiger partial charge < -0.3 is 4.90 Å². The lowest BCUT2D eigenvalue weighted by atomic mass is 9.99. The minimum atomic E-state index is -4.50. The predicted octanol–water partition coefficient (Wildman–Crippen LogP) is 3.02. The molecule has 2 heterocycles. The van der Waals surface area contributed by atoms with E-state index in [0.29, 0.717) is 0 Å². The molecule has 4 nitrogen and oxygen atoms in total. The van der Waals surface area contributed by atoms with Crippen molar-refractivity contribution in [1.82, 2.24) is 4.90 Å². The van der Waals surface area contributed by atoms with Gasteiger partial charge in [0.25, 0.3) is 5.91 Å². The number of alkyl halides is 3. The van der Waals surface area contributed by atoms with Crippen molar-refractivity contribution in [3.8, 4) is 0 Å². The van der Waals surface area contributed by atoms with Gasteiger partial charge in [-0.1, -0.05) is 6.07 Å². The Morgan fingerprint density at radius 1 is 1.14 bits per heavy atom. The third-order valence-corrected chi connectivity index (χ3v) is 4.90. The lowest BCUT2D eigenvalue weighted by Crippen LogP contribution is -2.40. The number of halogens is 3. The molecule has 0 radical (unpaired) electrons. The van der Waals surface area contributed by atoms with Gasteiger partial charge in [0, 0.05) is 6.04 Å². The molecule has 116 valence electrons. The van der Waals surface area contributed by atoms with E-state index >= 15 is 0 Å². The van der Waals surface area contributed by atoms with Crippen LogP contribution >= 0.6 is 0 Å². The Morgan fingerprint density at radius 3 is 2.59 bits per heavy atom. The van der Waals surface area contributed by atoms with Crippen LogP contribution in [0.2, 0.25) is 0 Å². The predicted molar refractivity (Wildman–Crippen MR) is 71.1 cm³/mol. The summed E-state index contributed by atoms with van der Waals surface area (Å²) in [4.78, 5) is 27.5. The van der Waals surface area contributed by atoms with E-state index in [2.05, 4.69) is 0 Å². The molecule has 22 heavy (non-hydrogen) atoms. The molecule has 1 saturated carbocycles. The fourth-order valence-corrected chi connectivity index (χ4v) is 3.98. The van der Waals surface area contributed by atoms with Crippen LogP contribution in [0.4, 0.5) is 23.7 Å². The van der Waals surface area contributed by atoms with Crippen LogP contribution in [0.5, 0.6) is 0 Å². The molecule has 2 aliphatic heterocycles. The second-order valence-corrected chi connectivity index (χ2v) is 6.08. The number of carbonyl (C=O) groups excluding carboxylic acids is 2. The fraction of sp³-hybridized carbons (Fsp3) is 0.467. The van der Waals surface area contributed by atoms with E-state index in [-0.39, 0.29) is 17.6 Å². The van der Waals surface area contributed by atoms with Crippen molar-refractivity contribution in [2.45, 2.75) is 37.5 Å². The molecule has 0 N–H and O–H groups in total. The van der Waals surface area contributed by atoms with E-state index in [1.54, 1.807) is 4.90 Å².